The quantitative estimate of drug-likeness (QED) is 0.139. The highest BCUT2D eigenvalue weighted by atomic mass is 15.1. The Kier molecular flexibility index (Phi) is 9.20. The van der Waals surface area contributed by atoms with Crippen LogP contribution in [0, 0.1) is 0 Å². The third-order valence-corrected chi connectivity index (χ3v) is 12.8. The number of para-hydroxylation sites is 2. The highest BCUT2D eigenvalue weighted by Crippen LogP contribution is 2.45. The second kappa shape index (κ2) is 15.8. The van der Waals surface area contributed by atoms with Gasteiger partial charge in [0.2, 0.25) is 0 Å². The van der Waals surface area contributed by atoms with E-state index in [2.05, 4.69) is 264 Å². The summed E-state index contributed by atoms with van der Waals surface area (Å²) in [6, 6.07) is 92.7. The van der Waals surface area contributed by atoms with E-state index >= 15 is 0 Å². The Bertz CT molecular complexity index is 3640. The molecule has 0 fully saturated rings. The van der Waals surface area contributed by atoms with Gasteiger partial charge >= 0.3 is 0 Å². The molecule has 0 bridgehead atoms. The Labute approximate surface area is 373 Å². The van der Waals surface area contributed by atoms with Gasteiger partial charge in [-0.15, -0.1) is 0 Å². The molecule has 0 aliphatic rings. The van der Waals surface area contributed by atoms with Crippen LogP contribution in [0.4, 0.5) is 17.1 Å². The second-order valence-electron chi connectivity index (χ2n) is 16.5. The van der Waals surface area contributed by atoms with Crippen LogP contribution in [0.5, 0.6) is 0 Å². The molecule has 1 aromatic heterocycles. The minimum absolute atomic E-state index is 1.08. The lowest BCUT2D eigenvalue weighted by Crippen LogP contribution is -2.11. The van der Waals surface area contributed by atoms with E-state index in [0.29, 0.717) is 0 Å². The topological polar surface area (TPSA) is 8.17 Å². The maximum Gasteiger partial charge on any atom is 0.0547 e. The highest BCUT2D eigenvalue weighted by molar-refractivity contribution is 6.17. The van der Waals surface area contributed by atoms with Crippen LogP contribution in [0.25, 0.3) is 93.5 Å². The van der Waals surface area contributed by atoms with Gasteiger partial charge in [-0.25, -0.2) is 0 Å². The lowest BCUT2D eigenvalue weighted by Gasteiger charge is -2.28. The van der Waals surface area contributed by atoms with Gasteiger partial charge in [-0.3, -0.25) is 0 Å². The Hall–Kier alpha value is -8.46. The molecule has 12 rings (SSSR count). The molecule has 0 unspecified atom stereocenters. The molecule has 64 heavy (non-hydrogen) atoms. The number of fused-ring (bicyclic) bond motifs is 6. The molecule has 12 aromatic rings. The summed E-state index contributed by atoms with van der Waals surface area (Å²) in [7, 11) is 0. The zero-order valence-electron chi connectivity index (χ0n) is 35.1. The Morgan fingerprint density at radius 1 is 0.281 bits per heavy atom. The van der Waals surface area contributed by atoms with Gasteiger partial charge in [0.25, 0.3) is 0 Å². The number of aromatic nitrogens is 1. The van der Waals surface area contributed by atoms with E-state index in [1.54, 1.807) is 0 Å². The first-order chi connectivity index (χ1) is 31.7. The largest absolute Gasteiger partial charge is 0.310 e. The standard InChI is InChI=1S/C62H42N2/c1-4-16-43(17-5-1)48-35-39-60-58(42-48)62-57(27-15-29-61(62)64(60)51-22-8-3-9-23-51)49-21-14-24-53(41-49)63(59-28-13-12-26-56(59)45-18-6-2-7-19-45)52-36-32-44(33-37-52)47-34-38-55-50(40-47)31-30-46-20-10-11-25-54(46)55/h1-42H. The van der Waals surface area contributed by atoms with Crippen molar-refractivity contribution in [2.24, 2.45) is 0 Å². The molecule has 0 radical (unpaired) electrons. The fourth-order valence-corrected chi connectivity index (χ4v) is 9.74. The van der Waals surface area contributed by atoms with Crippen molar-refractivity contribution in [2.75, 3.05) is 4.90 Å². The van der Waals surface area contributed by atoms with Crippen molar-refractivity contribution >= 4 is 60.4 Å². The maximum atomic E-state index is 2.42. The van der Waals surface area contributed by atoms with Crippen molar-refractivity contribution < 1.29 is 0 Å². The number of hydrogen-bond acceptors (Lipinski definition) is 1. The van der Waals surface area contributed by atoms with E-state index in [4.69, 9.17) is 0 Å². The zero-order valence-corrected chi connectivity index (χ0v) is 35.1. The summed E-state index contributed by atoms with van der Waals surface area (Å²) in [5.41, 5.74) is 16.3. The van der Waals surface area contributed by atoms with Crippen molar-refractivity contribution in [1.29, 1.82) is 0 Å². The van der Waals surface area contributed by atoms with Crippen LogP contribution >= 0.6 is 0 Å². The first-order valence-electron chi connectivity index (χ1n) is 22.0. The Balaban J connectivity index is 1.02. The van der Waals surface area contributed by atoms with Crippen LogP contribution in [-0.4, -0.2) is 4.57 Å². The fourth-order valence-electron chi connectivity index (χ4n) is 9.74. The minimum atomic E-state index is 1.08. The van der Waals surface area contributed by atoms with Crippen molar-refractivity contribution in [3.8, 4) is 50.2 Å². The third kappa shape index (κ3) is 6.52. The van der Waals surface area contributed by atoms with E-state index in [1.807, 2.05) is 0 Å². The average Bonchev–Trinajstić information content (AvgIpc) is 3.71. The van der Waals surface area contributed by atoms with E-state index in [0.717, 1.165) is 28.3 Å². The zero-order chi connectivity index (χ0) is 42.4. The van der Waals surface area contributed by atoms with Crippen molar-refractivity contribution in [3.63, 3.8) is 0 Å². The summed E-state index contributed by atoms with van der Waals surface area (Å²) in [5, 5.41) is 7.53. The van der Waals surface area contributed by atoms with Gasteiger partial charge in [0.05, 0.1) is 16.7 Å². The number of hydrogen-bond donors (Lipinski definition) is 0. The van der Waals surface area contributed by atoms with Crippen LogP contribution in [0.15, 0.2) is 255 Å². The van der Waals surface area contributed by atoms with Crippen molar-refractivity contribution in [2.45, 2.75) is 0 Å². The predicted molar refractivity (Wildman–Crippen MR) is 272 cm³/mol. The Morgan fingerprint density at radius 3 is 1.70 bits per heavy atom. The summed E-state index contributed by atoms with van der Waals surface area (Å²) >= 11 is 0. The molecule has 0 atom stereocenters. The highest BCUT2D eigenvalue weighted by Gasteiger charge is 2.21. The molecule has 0 aliphatic heterocycles. The second-order valence-corrected chi connectivity index (χ2v) is 16.5. The van der Waals surface area contributed by atoms with E-state index in [9.17, 15) is 0 Å². The molecule has 11 aromatic carbocycles. The molecule has 0 amide bonds. The van der Waals surface area contributed by atoms with Crippen LogP contribution < -0.4 is 4.90 Å². The van der Waals surface area contributed by atoms with Gasteiger partial charge in [0.1, 0.15) is 0 Å². The van der Waals surface area contributed by atoms with Gasteiger partial charge in [-0.05, 0) is 127 Å². The molecule has 0 spiro atoms. The fraction of sp³-hybridized carbons (Fsp3) is 0. The van der Waals surface area contributed by atoms with E-state index in [1.165, 1.54) is 82.3 Å². The van der Waals surface area contributed by atoms with Gasteiger partial charge in [-0.2, -0.15) is 0 Å². The lowest BCUT2D eigenvalue weighted by atomic mass is 9.96. The monoisotopic (exact) mass is 814 g/mol. The molecule has 0 saturated carbocycles. The van der Waals surface area contributed by atoms with Crippen LogP contribution in [0.1, 0.15) is 0 Å². The first kappa shape index (κ1) is 37.3. The minimum Gasteiger partial charge on any atom is -0.310 e. The van der Waals surface area contributed by atoms with E-state index < -0.39 is 0 Å². The van der Waals surface area contributed by atoms with Crippen molar-refractivity contribution in [3.05, 3.63) is 255 Å². The molecule has 1 heterocycles. The van der Waals surface area contributed by atoms with Crippen LogP contribution in [0.3, 0.4) is 0 Å². The number of anilines is 3. The molecule has 0 saturated heterocycles. The summed E-state index contributed by atoms with van der Waals surface area (Å²) in [4.78, 5) is 2.42. The molecule has 0 N–H and O–H groups in total. The van der Waals surface area contributed by atoms with Crippen molar-refractivity contribution in [1.82, 2.24) is 4.57 Å². The summed E-state index contributed by atoms with van der Waals surface area (Å²) < 4.78 is 2.41. The van der Waals surface area contributed by atoms with Gasteiger partial charge in [0, 0.05) is 33.4 Å². The maximum absolute atomic E-state index is 2.42. The number of nitrogens with zero attached hydrogens (tertiary/aromatic N) is 2. The lowest BCUT2D eigenvalue weighted by molar-refractivity contribution is 1.18. The Morgan fingerprint density at radius 2 is 0.875 bits per heavy atom. The van der Waals surface area contributed by atoms with Gasteiger partial charge < -0.3 is 9.47 Å². The molecule has 300 valence electrons. The predicted octanol–water partition coefficient (Wildman–Crippen LogP) is 17.2. The smallest absolute Gasteiger partial charge is 0.0547 e. The van der Waals surface area contributed by atoms with Gasteiger partial charge in [-0.1, -0.05) is 188 Å². The summed E-state index contributed by atoms with van der Waals surface area (Å²) in [6.45, 7) is 0. The number of rotatable bonds is 8. The molecular formula is C62H42N2. The average molecular weight is 815 g/mol. The summed E-state index contributed by atoms with van der Waals surface area (Å²) in [5.74, 6) is 0. The SMILES string of the molecule is c1ccc(-c2ccc3c(c2)c2c(-c4cccc(N(c5ccc(-c6ccc7c(ccc8ccccc87)c6)cc5)c5ccccc5-c5ccccc5)c4)cccc2n3-c2ccccc2)cc1. The van der Waals surface area contributed by atoms with Crippen LogP contribution in [-0.2, 0) is 0 Å². The molecule has 0 aliphatic carbocycles. The normalized spacial score (nSPS) is 11.4. The van der Waals surface area contributed by atoms with E-state index in [-0.39, 0.29) is 0 Å². The molecule has 2 heteroatoms. The third-order valence-electron chi connectivity index (χ3n) is 12.8. The number of benzene rings is 11. The molecular weight excluding hydrogens is 773 g/mol. The summed E-state index contributed by atoms with van der Waals surface area (Å²) in [6.07, 6.45) is 0. The van der Waals surface area contributed by atoms with Crippen LogP contribution in [0.2, 0.25) is 0 Å². The first-order valence-corrected chi connectivity index (χ1v) is 22.0. The molecule has 2 nitrogen and oxygen atoms in total. The van der Waals surface area contributed by atoms with Gasteiger partial charge in [0.15, 0.2) is 0 Å².